The summed E-state index contributed by atoms with van der Waals surface area (Å²) in [5, 5.41) is 7.33. The lowest BCUT2D eigenvalue weighted by Gasteiger charge is -1.89. The fourth-order valence-corrected chi connectivity index (χ4v) is 0.879. The van der Waals surface area contributed by atoms with Crippen LogP contribution in [0.3, 0.4) is 0 Å². The van der Waals surface area contributed by atoms with Crippen molar-refractivity contribution in [3.63, 3.8) is 0 Å². The molecular formula is C8H7N2O2. The number of hydrogen-bond acceptors (Lipinski definition) is 4. The highest BCUT2D eigenvalue weighted by Gasteiger charge is 1.99. The molecule has 1 radical (unpaired) electrons. The molecule has 0 saturated carbocycles. The average molecular weight is 163 g/mol. The Morgan fingerprint density at radius 1 is 1.42 bits per heavy atom. The molecule has 0 aromatic carbocycles. The van der Waals surface area contributed by atoms with Gasteiger partial charge in [0.1, 0.15) is 12.5 Å². The molecule has 0 N–H and O–H groups in total. The van der Waals surface area contributed by atoms with Crippen LogP contribution in [0.25, 0.3) is 0 Å². The van der Waals surface area contributed by atoms with Crippen LogP contribution in [0.2, 0.25) is 0 Å². The lowest BCUT2D eigenvalue weighted by Crippen LogP contribution is -1.85. The van der Waals surface area contributed by atoms with Gasteiger partial charge in [0.25, 0.3) is 0 Å². The molecule has 0 bridgehead atoms. The molecule has 0 aliphatic carbocycles. The van der Waals surface area contributed by atoms with Gasteiger partial charge in [-0.2, -0.15) is 0 Å². The minimum absolute atomic E-state index is 0.734. The molecule has 0 spiro atoms. The van der Waals surface area contributed by atoms with E-state index in [0.717, 1.165) is 17.7 Å². The van der Waals surface area contributed by atoms with Gasteiger partial charge in [0.15, 0.2) is 0 Å². The summed E-state index contributed by atoms with van der Waals surface area (Å²) in [4.78, 5) is 0. The van der Waals surface area contributed by atoms with E-state index in [1.54, 1.807) is 18.7 Å². The van der Waals surface area contributed by atoms with Gasteiger partial charge in [0.2, 0.25) is 0 Å². The highest BCUT2D eigenvalue weighted by atomic mass is 16.5. The molecule has 61 valence electrons. The predicted molar refractivity (Wildman–Crippen MR) is 40.1 cm³/mol. The molecule has 0 atom stereocenters. The third-order valence-corrected chi connectivity index (χ3v) is 1.49. The summed E-state index contributed by atoms with van der Waals surface area (Å²) in [6.07, 6.45) is 7.49. The van der Waals surface area contributed by atoms with Crippen molar-refractivity contribution in [1.29, 1.82) is 0 Å². The maximum atomic E-state index is 4.68. The molecule has 12 heavy (non-hydrogen) atoms. The molecule has 0 unspecified atom stereocenters. The molecule has 2 aromatic rings. The van der Waals surface area contributed by atoms with Crippen molar-refractivity contribution >= 4 is 0 Å². The van der Waals surface area contributed by atoms with Crippen LogP contribution < -0.4 is 0 Å². The molecular weight excluding hydrogens is 156 g/mol. The Hall–Kier alpha value is -1.58. The van der Waals surface area contributed by atoms with Crippen molar-refractivity contribution in [1.82, 2.24) is 10.3 Å². The van der Waals surface area contributed by atoms with Gasteiger partial charge in [0.05, 0.1) is 11.9 Å². The van der Waals surface area contributed by atoms with Crippen LogP contribution in [0.1, 0.15) is 11.3 Å². The Morgan fingerprint density at radius 3 is 3.08 bits per heavy atom. The zero-order chi connectivity index (χ0) is 8.23. The number of aromatic nitrogens is 2. The second-order valence-corrected chi connectivity index (χ2v) is 2.36. The van der Waals surface area contributed by atoms with Crippen LogP contribution in [0.15, 0.2) is 33.8 Å². The third-order valence-electron chi connectivity index (χ3n) is 1.49. The van der Waals surface area contributed by atoms with Crippen LogP contribution in [0.4, 0.5) is 0 Å². The number of nitrogens with zero attached hydrogens (tertiary/aromatic N) is 2. The van der Waals surface area contributed by atoms with E-state index in [1.165, 1.54) is 0 Å². The van der Waals surface area contributed by atoms with E-state index in [2.05, 4.69) is 19.4 Å². The Labute approximate surface area is 69.1 Å². The first-order valence-electron chi connectivity index (χ1n) is 3.57. The van der Waals surface area contributed by atoms with Gasteiger partial charge in [-0.15, -0.1) is 0 Å². The Morgan fingerprint density at radius 2 is 2.42 bits per heavy atom. The van der Waals surface area contributed by atoms with Crippen molar-refractivity contribution in [2.24, 2.45) is 0 Å². The lowest BCUT2D eigenvalue weighted by atomic mass is 10.2. The molecule has 0 saturated heterocycles. The fraction of sp³-hybridized carbons (Fsp3) is 0.125. The van der Waals surface area contributed by atoms with E-state index in [1.807, 2.05) is 12.5 Å². The van der Waals surface area contributed by atoms with E-state index in [9.17, 15) is 0 Å². The summed E-state index contributed by atoms with van der Waals surface area (Å²) in [5.41, 5.74) is 1.86. The highest BCUT2D eigenvalue weighted by Crippen LogP contribution is 2.05. The second-order valence-electron chi connectivity index (χ2n) is 2.36. The van der Waals surface area contributed by atoms with Crippen LogP contribution >= 0.6 is 0 Å². The van der Waals surface area contributed by atoms with E-state index < -0.39 is 0 Å². The van der Waals surface area contributed by atoms with E-state index in [0.29, 0.717) is 0 Å². The molecule has 4 nitrogen and oxygen atoms in total. The molecule has 2 aromatic heterocycles. The minimum Gasteiger partial charge on any atom is -0.365 e. The summed E-state index contributed by atoms with van der Waals surface area (Å²) < 4.78 is 9.33. The van der Waals surface area contributed by atoms with Crippen molar-refractivity contribution in [3.8, 4) is 0 Å². The molecule has 0 aliphatic rings. The minimum atomic E-state index is 0.734. The van der Waals surface area contributed by atoms with Crippen LogP contribution in [-0.2, 0) is 6.42 Å². The monoisotopic (exact) mass is 163 g/mol. The normalized spacial score (nSPS) is 10.3. The standard InChI is InChI=1S/C8H7N2O2/c1(7-5-9-12-6-7)2-8-3-4-11-10-8/h1,3-6H,2H2. The van der Waals surface area contributed by atoms with Gasteiger partial charge in [-0.1, -0.05) is 10.3 Å². The quantitative estimate of drug-likeness (QED) is 0.687. The number of rotatable bonds is 3. The van der Waals surface area contributed by atoms with Crippen LogP contribution in [0.5, 0.6) is 0 Å². The van der Waals surface area contributed by atoms with Crippen molar-refractivity contribution in [2.45, 2.75) is 6.42 Å². The van der Waals surface area contributed by atoms with Crippen LogP contribution in [0, 0.1) is 6.42 Å². The summed E-state index contributed by atoms with van der Waals surface area (Å²) in [6, 6.07) is 1.82. The number of hydrogen-bond donors (Lipinski definition) is 0. The topological polar surface area (TPSA) is 52.1 Å². The Bertz CT molecular complexity index is 278. The van der Waals surface area contributed by atoms with Gasteiger partial charge in [0, 0.05) is 24.5 Å². The van der Waals surface area contributed by atoms with Crippen molar-refractivity contribution < 1.29 is 9.05 Å². The van der Waals surface area contributed by atoms with Crippen molar-refractivity contribution in [2.75, 3.05) is 0 Å². The molecule has 0 aliphatic heterocycles. The second kappa shape index (κ2) is 3.21. The van der Waals surface area contributed by atoms with Gasteiger partial charge >= 0.3 is 0 Å². The highest BCUT2D eigenvalue weighted by molar-refractivity contribution is 5.16. The molecule has 0 fully saturated rings. The van der Waals surface area contributed by atoms with Gasteiger partial charge in [-0.25, -0.2) is 0 Å². The van der Waals surface area contributed by atoms with E-state index in [-0.39, 0.29) is 0 Å². The lowest BCUT2D eigenvalue weighted by molar-refractivity contribution is 0.412. The first kappa shape index (κ1) is 7.09. The third kappa shape index (κ3) is 1.53. The maximum absolute atomic E-state index is 4.68. The van der Waals surface area contributed by atoms with Crippen molar-refractivity contribution in [3.05, 3.63) is 42.5 Å². The van der Waals surface area contributed by atoms with Gasteiger partial charge in [-0.3, -0.25) is 0 Å². The molecule has 2 rings (SSSR count). The van der Waals surface area contributed by atoms with E-state index in [4.69, 9.17) is 0 Å². The predicted octanol–water partition coefficient (Wildman–Crippen LogP) is 1.46. The first-order chi connectivity index (χ1) is 5.95. The summed E-state index contributed by atoms with van der Waals surface area (Å²) >= 11 is 0. The molecule has 2 heterocycles. The fourth-order valence-electron chi connectivity index (χ4n) is 0.879. The summed E-state index contributed by atoms with van der Waals surface area (Å²) in [5.74, 6) is 0. The first-order valence-corrected chi connectivity index (χ1v) is 3.57. The largest absolute Gasteiger partial charge is 0.365 e. The molecule has 4 heteroatoms. The summed E-state index contributed by atoms with van der Waals surface area (Å²) in [6.45, 7) is 0. The Kier molecular flexibility index (Phi) is 1.90. The average Bonchev–Trinajstić information content (AvgIpc) is 2.74. The smallest absolute Gasteiger partial charge is 0.127 e. The zero-order valence-electron chi connectivity index (χ0n) is 6.30. The van der Waals surface area contributed by atoms with E-state index >= 15 is 0 Å². The maximum Gasteiger partial charge on any atom is 0.127 e. The van der Waals surface area contributed by atoms with Crippen LogP contribution in [-0.4, -0.2) is 10.3 Å². The van der Waals surface area contributed by atoms with Gasteiger partial charge < -0.3 is 9.05 Å². The molecule has 0 amide bonds. The Balaban J connectivity index is 1.91. The summed E-state index contributed by atoms with van der Waals surface area (Å²) in [7, 11) is 0. The SMILES string of the molecule is [CH](Cc1ccon1)c1cnoc1. The zero-order valence-corrected chi connectivity index (χ0v) is 6.30. The van der Waals surface area contributed by atoms with Gasteiger partial charge in [-0.05, 0) is 0 Å².